The number of Topliss-reactive ketones (excluding diaryl/α,β-unsaturated/α-hetero) is 1. The third kappa shape index (κ3) is 2.73. The maximum atomic E-state index is 12.6. The summed E-state index contributed by atoms with van der Waals surface area (Å²) in [6.07, 6.45) is 0. The lowest BCUT2D eigenvalue weighted by Crippen LogP contribution is -2.22. The van der Waals surface area contributed by atoms with Gasteiger partial charge in [0.25, 0.3) is 0 Å². The molecule has 0 aliphatic rings. The van der Waals surface area contributed by atoms with Gasteiger partial charge >= 0.3 is 0 Å². The molecule has 2 aromatic carbocycles. The first-order valence-electron chi connectivity index (χ1n) is 6.54. The molecule has 0 spiro atoms. The van der Waals surface area contributed by atoms with E-state index in [2.05, 4.69) is 0 Å². The fourth-order valence-electron chi connectivity index (χ4n) is 2.25. The van der Waals surface area contributed by atoms with Crippen LogP contribution in [0.15, 0.2) is 42.5 Å². The summed E-state index contributed by atoms with van der Waals surface area (Å²) < 4.78 is 5.26. The third-order valence-electron chi connectivity index (χ3n) is 3.45. The van der Waals surface area contributed by atoms with Crippen LogP contribution in [0.25, 0.3) is 0 Å². The highest BCUT2D eigenvalue weighted by molar-refractivity contribution is 6.02. The molecule has 0 aliphatic heterocycles. The number of hydrogen-bond donors (Lipinski definition) is 1. The average Bonchev–Trinajstić information content (AvgIpc) is 2.48. The van der Waals surface area contributed by atoms with Gasteiger partial charge in [0.05, 0.1) is 13.2 Å². The molecule has 2 aromatic rings. The van der Waals surface area contributed by atoms with Crippen molar-refractivity contribution in [3.05, 3.63) is 64.7 Å². The average molecular weight is 269 g/mol. The zero-order valence-corrected chi connectivity index (χ0v) is 12.0. The van der Waals surface area contributed by atoms with Crippen molar-refractivity contribution in [1.29, 1.82) is 0 Å². The van der Waals surface area contributed by atoms with Crippen molar-refractivity contribution in [2.75, 3.05) is 7.11 Å². The van der Waals surface area contributed by atoms with Crippen molar-refractivity contribution < 1.29 is 9.53 Å². The lowest BCUT2D eigenvalue weighted by atomic mass is 9.94. The lowest BCUT2D eigenvalue weighted by molar-refractivity contribution is 0.0960. The molecule has 0 aromatic heterocycles. The second-order valence-corrected chi connectivity index (χ2v) is 4.89. The zero-order valence-electron chi connectivity index (χ0n) is 12.0. The van der Waals surface area contributed by atoms with Gasteiger partial charge in [0.15, 0.2) is 5.78 Å². The highest BCUT2D eigenvalue weighted by Gasteiger charge is 2.20. The van der Waals surface area contributed by atoms with Crippen LogP contribution in [0.5, 0.6) is 5.75 Å². The molecule has 104 valence electrons. The molecular weight excluding hydrogens is 250 g/mol. The fourth-order valence-corrected chi connectivity index (χ4v) is 2.25. The van der Waals surface area contributed by atoms with Crippen LogP contribution in [-0.2, 0) is 0 Å². The summed E-state index contributed by atoms with van der Waals surface area (Å²) in [5.41, 5.74) is 9.37. The number of aryl methyl sites for hydroxylation is 2. The van der Waals surface area contributed by atoms with Gasteiger partial charge in [-0.25, -0.2) is 0 Å². The third-order valence-corrected chi connectivity index (χ3v) is 3.45. The smallest absolute Gasteiger partial charge is 0.184 e. The lowest BCUT2D eigenvalue weighted by Gasteiger charge is -2.15. The second-order valence-electron chi connectivity index (χ2n) is 4.89. The van der Waals surface area contributed by atoms with Gasteiger partial charge in [0.1, 0.15) is 5.75 Å². The van der Waals surface area contributed by atoms with Crippen LogP contribution in [0.3, 0.4) is 0 Å². The van der Waals surface area contributed by atoms with Crippen LogP contribution in [-0.4, -0.2) is 12.9 Å². The summed E-state index contributed by atoms with van der Waals surface area (Å²) in [5.74, 6) is 0.715. The van der Waals surface area contributed by atoms with Crippen molar-refractivity contribution in [3.8, 4) is 5.75 Å². The number of carbonyl (C=O) groups is 1. The predicted molar refractivity (Wildman–Crippen MR) is 80.2 cm³/mol. The first-order chi connectivity index (χ1) is 9.54. The summed E-state index contributed by atoms with van der Waals surface area (Å²) in [4.78, 5) is 12.6. The predicted octanol–water partition coefficient (Wildman–Crippen LogP) is 3.19. The van der Waals surface area contributed by atoms with Gasteiger partial charge in [-0.3, -0.25) is 4.79 Å². The Balaban J connectivity index is 2.37. The number of ketones is 1. The second kappa shape index (κ2) is 5.88. The zero-order chi connectivity index (χ0) is 14.7. The van der Waals surface area contributed by atoms with Crippen molar-refractivity contribution in [3.63, 3.8) is 0 Å². The molecule has 2 rings (SSSR count). The first kappa shape index (κ1) is 14.3. The van der Waals surface area contributed by atoms with E-state index in [9.17, 15) is 4.79 Å². The molecule has 0 saturated heterocycles. The first-order valence-corrected chi connectivity index (χ1v) is 6.54. The van der Waals surface area contributed by atoms with E-state index in [1.54, 1.807) is 7.11 Å². The number of carbonyl (C=O) groups excluding carboxylic acids is 1. The molecule has 0 aliphatic carbocycles. The molecule has 3 heteroatoms. The van der Waals surface area contributed by atoms with E-state index in [0.29, 0.717) is 5.56 Å². The van der Waals surface area contributed by atoms with E-state index in [4.69, 9.17) is 10.5 Å². The summed E-state index contributed by atoms with van der Waals surface area (Å²) in [5, 5.41) is 0. The van der Waals surface area contributed by atoms with Gasteiger partial charge in [-0.2, -0.15) is 0 Å². The molecule has 0 amide bonds. The number of nitrogens with two attached hydrogens (primary N) is 1. The number of ether oxygens (including phenoxy) is 1. The van der Waals surface area contributed by atoms with E-state index in [1.165, 1.54) is 0 Å². The Bertz CT molecular complexity index is 620. The Morgan fingerprint density at radius 3 is 2.35 bits per heavy atom. The van der Waals surface area contributed by atoms with E-state index in [1.807, 2.05) is 56.3 Å². The molecule has 0 radical (unpaired) electrons. The highest BCUT2D eigenvalue weighted by atomic mass is 16.5. The Kier molecular flexibility index (Phi) is 4.20. The van der Waals surface area contributed by atoms with Crippen molar-refractivity contribution in [2.24, 2.45) is 5.73 Å². The van der Waals surface area contributed by atoms with Gasteiger partial charge in [-0.15, -0.1) is 0 Å². The van der Waals surface area contributed by atoms with Gasteiger partial charge in [-0.1, -0.05) is 30.3 Å². The van der Waals surface area contributed by atoms with Crippen LogP contribution in [0.1, 0.15) is 33.1 Å². The summed E-state index contributed by atoms with van der Waals surface area (Å²) in [7, 11) is 1.62. The number of methoxy groups -OCH3 is 1. The van der Waals surface area contributed by atoms with E-state index >= 15 is 0 Å². The number of benzene rings is 2. The van der Waals surface area contributed by atoms with Crippen LogP contribution < -0.4 is 10.5 Å². The molecular formula is C17H19NO2. The maximum Gasteiger partial charge on any atom is 0.184 e. The molecule has 0 saturated carbocycles. The molecule has 1 unspecified atom stereocenters. The minimum atomic E-state index is -0.636. The van der Waals surface area contributed by atoms with Crippen molar-refractivity contribution in [1.82, 2.24) is 0 Å². The normalized spacial score (nSPS) is 12.0. The van der Waals surface area contributed by atoms with E-state index in [0.717, 1.165) is 22.4 Å². The molecule has 1 atom stereocenters. The fraction of sp³-hybridized carbons (Fsp3) is 0.235. The number of rotatable bonds is 4. The highest BCUT2D eigenvalue weighted by Crippen LogP contribution is 2.25. The minimum Gasteiger partial charge on any atom is -0.496 e. The van der Waals surface area contributed by atoms with Gasteiger partial charge in [0.2, 0.25) is 0 Å². The molecule has 2 N–H and O–H groups in total. The topological polar surface area (TPSA) is 52.3 Å². The van der Waals surface area contributed by atoms with Crippen LogP contribution in [0.2, 0.25) is 0 Å². The summed E-state index contributed by atoms with van der Waals surface area (Å²) in [6, 6.07) is 12.5. The monoisotopic (exact) mass is 269 g/mol. The van der Waals surface area contributed by atoms with Crippen molar-refractivity contribution in [2.45, 2.75) is 19.9 Å². The molecule has 0 bridgehead atoms. The summed E-state index contributed by atoms with van der Waals surface area (Å²) in [6.45, 7) is 3.82. The van der Waals surface area contributed by atoms with E-state index < -0.39 is 6.04 Å². The van der Waals surface area contributed by atoms with Crippen LogP contribution >= 0.6 is 0 Å². The summed E-state index contributed by atoms with van der Waals surface area (Å²) >= 11 is 0. The Morgan fingerprint density at radius 2 is 1.75 bits per heavy atom. The van der Waals surface area contributed by atoms with Crippen LogP contribution in [0.4, 0.5) is 0 Å². The van der Waals surface area contributed by atoms with E-state index in [-0.39, 0.29) is 5.78 Å². The molecule has 0 fully saturated rings. The Labute approximate surface area is 119 Å². The Hall–Kier alpha value is -2.13. The quantitative estimate of drug-likeness (QED) is 0.867. The maximum absolute atomic E-state index is 12.6. The standard InChI is InChI=1S/C17H19NO2/c1-11-10-15(20-3)12(2)9-14(11)17(19)16(18)13-7-5-4-6-8-13/h4-10,16H,18H2,1-3H3. The largest absolute Gasteiger partial charge is 0.496 e. The van der Waals surface area contributed by atoms with Gasteiger partial charge in [0, 0.05) is 5.56 Å². The van der Waals surface area contributed by atoms with Crippen molar-refractivity contribution >= 4 is 5.78 Å². The molecule has 20 heavy (non-hydrogen) atoms. The molecule has 3 nitrogen and oxygen atoms in total. The van der Waals surface area contributed by atoms with Crippen LogP contribution in [0, 0.1) is 13.8 Å². The SMILES string of the molecule is COc1cc(C)c(C(=O)C(N)c2ccccc2)cc1C. The van der Waals surface area contributed by atoms with Gasteiger partial charge in [-0.05, 0) is 42.7 Å². The van der Waals surface area contributed by atoms with Gasteiger partial charge < -0.3 is 10.5 Å². The minimum absolute atomic E-state index is 0.0700. The molecule has 0 heterocycles. The number of hydrogen-bond acceptors (Lipinski definition) is 3. The Morgan fingerprint density at radius 1 is 1.10 bits per heavy atom.